The Labute approximate surface area is 126 Å². The maximum absolute atomic E-state index is 9.74. The topological polar surface area (TPSA) is 20.2 Å². The highest BCUT2D eigenvalue weighted by Crippen LogP contribution is 2.53. The number of aliphatic hydroxyl groups is 1. The zero-order valence-corrected chi connectivity index (χ0v) is 12.7. The molecule has 0 saturated carbocycles. The van der Waals surface area contributed by atoms with Crippen molar-refractivity contribution < 1.29 is 5.11 Å². The van der Waals surface area contributed by atoms with E-state index >= 15 is 0 Å². The van der Waals surface area contributed by atoms with Gasteiger partial charge < -0.3 is 5.11 Å². The summed E-state index contributed by atoms with van der Waals surface area (Å²) in [5.74, 6) is 0. The van der Waals surface area contributed by atoms with Crippen molar-refractivity contribution in [1.82, 2.24) is 0 Å². The molecule has 0 aromatic heterocycles. The molecular formula is C11H11Cl5O. The lowest BCUT2D eigenvalue weighted by molar-refractivity contribution is 0.173. The Morgan fingerprint density at radius 2 is 1.76 bits per heavy atom. The molecule has 0 aliphatic heterocycles. The lowest BCUT2D eigenvalue weighted by atomic mass is 10.0. The molecule has 1 rings (SSSR count). The molecule has 1 unspecified atom stereocenters. The van der Waals surface area contributed by atoms with E-state index in [1.807, 2.05) is 6.92 Å². The van der Waals surface area contributed by atoms with Crippen LogP contribution in [-0.4, -0.2) is 8.90 Å². The van der Waals surface area contributed by atoms with Crippen molar-refractivity contribution in [2.24, 2.45) is 0 Å². The van der Waals surface area contributed by atoms with Crippen LogP contribution in [0.5, 0.6) is 0 Å². The monoisotopic (exact) mass is 334 g/mol. The van der Waals surface area contributed by atoms with E-state index in [4.69, 9.17) is 58.0 Å². The molecule has 1 atom stereocenters. The van der Waals surface area contributed by atoms with E-state index in [1.54, 1.807) is 24.3 Å². The zero-order valence-electron chi connectivity index (χ0n) is 8.93. The van der Waals surface area contributed by atoms with Crippen LogP contribution in [0.15, 0.2) is 24.3 Å². The highest BCUT2D eigenvalue weighted by Gasteiger charge is 2.47. The minimum atomic E-state index is -1.86. The van der Waals surface area contributed by atoms with Crippen molar-refractivity contribution >= 4 is 58.0 Å². The number of alkyl halides is 5. The van der Waals surface area contributed by atoms with E-state index < -0.39 is 14.2 Å². The number of hydrogen-bond donors (Lipinski definition) is 1. The van der Waals surface area contributed by atoms with Crippen LogP contribution in [0, 0.1) is 0 Å². The fourth-order valence-corrected chi connectivity index (χ4v) is 1.90. The second kappa shape index (κ2) is 5.73. The molecule has 0 heterocycles. The molecule has 6 heteroatoms. The molecule has 96 valence electrons. The smallest absolute Gasteiger partial charge is 0.227 e. The summed E-state index contributed by atoms with van der Waals surface area (Å²) < 4.78 is -3.52. The lowest BCUT2D eigenvalue weighted by Gasteiger charge is -2.28. The zero-order chi connectivity index (χ0) is 13.3. The van der Waals surface area contributed by atoms with Gasteiger partial charge in [0.15, 0.2) is 4.33 Å². The average molecular weight is 336 g/mol. The Morgan fingerprint density at radius 1 is 1.18 bits per heavy atom. The first-order valence-corrected chi connectivity index (χ1v) is 6.82. The Morgan fingerprint density at radius 3 is 2.24 bits per heavy atom. The van der Waals surface area contributed by atoms with Gasteiger partial charge in [0, 0.05) is 0 Å². The number of benzene rings is 1. The SMILES string of the molecule is CCC(O)c1cccc(C(Cl)(Cl)C(Cl)(Cl)Cl)c1. The van der Waals surface area contributed by atoms with Gasteiger partial charge in [0.1, 0.15) is 0 Å². The Hall–Kier alpha value is 0.630. The van der Waals surface area contributed by atoms with Gasteiger partial charge >= 0.3 is 0 Å². The summed E-state index contributed by atoms with van der Waals surface area (Å²) in [6.45, 7) is 1.86. The van der Waals surface area contributed by atoms with Gasteiger partial charge in [-0.15, -0.1) is 0 Å². The van der Waals surface area contributed by atoms with Crippen LogP contribution in [0.1, 0.15) is 30.6 Å². The van der Waals surface area contributed by atoms with Crippen molar-refractivity contribution in [2.75, 3.05) is 0 Å². The minimum absolute atomic E-state index is 0.436. The van der Waals surface area contributed by atoms with Gasteiger partial charge in [-0.2, -0.15) is 0 Å². The van der Waals surface area contributed by atoms with Crippen molar-refractivity contribution in [3.63, 3.8) is 0 Å². The van der Waals surface area contributed by atoms with Crippen molar-refractivity contribution in [3.8, 4) is 0 Å². The van der Waals surface area contributed by atoms with Gasteiger partial charge in [-0.1, -0.05) is 89.2 Å². The molecule has 1 N–H and O–H groups in total. The van der Waals surface area contributed by atoms with Crippen LogP contribution in [0.2, 0.25) is 0 Å². The third-order valence-electron chi connectivity index (χ3n) is 2.38. The highest BCUT2D eigenvalue weighted by molar-refractivity contribution is 6.75. The van der Waals surface area contributed by atoms with E-state index in [-0.39, 0.29) is 0 Å². The van der Waals surface area contributed by atoms with Crippen LogP contribution in [0.4, 0.5) is 0 Å². The largest absolute Gasteiger partial charge is 0.388 e. The highest BCUT2D eigenvalue weighted by atomic mass is 35.6. The van der Waals surface area contributed by atoms with Crippen LogP contribution in [0.25, 0.3) is 0 Å². The predicted molar refractivity (Wildman–Crippen MR) is 75.4 cm³/mol. The molecule has 1 aromatic carbocycles. The van der Waals surface area contributed by atoms with Crippen molar-refractivity contribution in [2.45, 2.75) is 27.6 Å². The van der Waals surface area contributed by atoms with E-state index in [9.17, 15) is 5.11 Å². The molecule has 0 aliphatic rings. The second-order valence-electron chi connectivity index (χ2n) is 3.62. The Balaban J connectivity index is 3.16. The normalized spacial score (nSPS) is 14.8. The molecule has 0 radical (unpaired) electrons. The Bertz CT molecular complexity index is 386. The summed E-state index contributed by atoms with van der Waals surface area (Å²) >= 11 is 29.3. The number of rotatable bonds is 3. The van der Waals surface area contributed by atoms with Gasteiger partial charge in [0.25, 0.3) is 0 Å². The van der Waals surface area contributed by atoms with Gasteiger partial charge in [-0.25, -0.2) is 0 Å². The summed E-state index contributed by atoms with van der Waals surface area (Å²) in [6.07, 6.45) is -0.0103. The van der Waals surface area contributed by atoms with E-state index in [2.05, 4.69) is 0 Å². The molecule has 0 aliphatic carbocycles. The Kier molecular flexibility index (Phi) is 5.29. The first kappa shape index (κ1) is 15.7. The predicted octanol–water partition coefficient (Wildman–Crippen LogP) is 5.13. The third kappa shape index (κ3) is 3.56. The molecular weight excluding hydrogens is 325 g/mol. The molecule has 0 amide bonds. The van der Waals surface area contributed by atoms with Crippen LogP contribution in [0.3, 0.4) is 0 Å². The van der Waals surface area contributed by atoms with Gasteiger partial charge in [-0.3, -0.25) is 0 Å². The van der Waals surface area contributed by atoms with Gasteiger partial charge in [0.2, 0.25) is 3.79 Å². The van der Waals surface area contributed by atoms with E-state index in [0.29, 0.717) is 17.5 Å². The van der Waals surface area contributed by atoms with Crippen molar-refractivity contribution in [1.29, 1.82) is 0 Å². The molecule has 1 aromatic rings. The van der Waals surface area contributed by atoms with E-state index in [0.717, 1.165) is 0 Å². The number of aliphatic hydroxyl groups excluding tert-OH is 1. The summed E-state index contributed by atoms with van der Waals surface area (Å²) in [5.41, 5.74) is 1.12. The maximum atomic E-state index is 9.74. The first-order chi connectivity index (χ1) is 7.70. The summed E-state index contributed by atoms with van der Waals surface area (Å²) in [6, 6.07) is 6.75. The maximum Gasteiger partial charge on any atom is 0.227 e. The minimum Gasteiger partial charge on any atom is -0.388 e. The fraction of sp³-hybridized carbons (Fsp3) is 0.455. The summed E-state index contributed by atoms with van der Waals surface area (Å²) in [4.78, 5) is 0. The molecule has 17 heavy (non-hydrogen) atoms. The summed E-state index contributed by atoms with van der Waals surface area (Å²) in [5, 5.41) is 9.74. The molecule has 0 saturated heterocycles. The first-order valence-electron chi connectivity index (χ1n) is 4.93. The lowest BCUT2D eigenvalue weighted by Crippen LogP contribution is -2.28. The third-order valence-corrected chi connectivity index (χ3v) is 4.81. The molecule has 0 spiro atoms. The van der Waals surface area contributed by atoms with Gasteiger partial charge in [-0.05, 0) is 17.5 Å². The van der Waals surface area contributed by atoms with E-state index in [1.165, 1.54) is 0 Å². The molecule has 0 fully saturated rings. The number of halogens is 5. The van der Waals surface area contributed by atoms with Gasteiger partial charge in [0.05, 0.1) is 6.10 Å². The molecule has 1 nitrogen and oxygen atoms in total. The van der Waals surface area contributed by atoms with Crippen molar-refractivity contribution in [3.05, 3.63) is 35.4 Å². The number of hydrogen-bond acceptors (Lipinski definition) is 1. The second-order valence-corrected chi connectivity index (χ2v) is 7.23. The van der Waals surface area contributed by atoms with Crippen LogP contribution < -0.4 is 0 Å². The average Bonchev–Trinajstić information content (AvgIpc) is 2.26. The fourth-order valence-electron chi connectivity index (χ4n) is 1.34. The van der Waals surface area contributed by atoms with Crippen LogP contribution in [-0.2, 0) is 4.33 Å². The molecule has 0 bridgehead atoms. The summed E-state index contributed by atoms with van der Waals surface area (Å²) in [7, 11) is 0. The standard InChI is InChI=1S/C11H11Cl5O/c1-2-9(17)7-4-3-5-8(6-7)10(12,13)11(14,15)16/h3-6,9,17H,2H2,1H3. The van der Waals surface area contributed by atoms with Crippen LogP contribution >= 0.6 is 58.0 Å². The quantitative estimate of drug-likeness (QED) is 0.759.